The van der Waals surface area contributed by atoms with E-state index in [0.29, 0.717) is 16.7 Å². The molecule has 0 aliphatic carbocycles. The third-order valence-corrected chi connectivity index (χ3v) is 5.58. The number of unbranched alkanes of at least 4 members (excludes halogenated alkanes) is 1. The lowest BCUT2D eigenvalue weighted by Gasteiger charge is -2.26. The van der Waals surface area contributed by atoms with Crippen LogP contribution in [0.15, 0.2) is 30.3 Å². The zero-order valence-electron chi connectivity index (χ0n) is 20.1. The Balaban J connectivity index is 1.98. The highest BCUT2D eigenvalue weighted by Gasteiger charge is 2.16. The molecule has 2 N–H and O–H groups in total. The number of aryl methyl sites for hydroxylation is 1. The van der Waals surface area contributed by atoms with Gasteiger partial charge in [-0.1, -0.05) is 51.2 Å². The Morgan fingerprint density at radius 3 is 2.22 bits per heavy atom. The number of aromatic amines is 1. The van der Waals surface area contributed by atoms with Crippen molar-refractivity contribution in [2.24, 2.45) is 0 Å². The van der Waals surface area contributed by atoms with E-state index in [1.54, 1.807) is 0 Å². The van der Waals surface area contributed by atoms with Gasteiger partial charge in [-0.25, -0.2) is 4.98 Å². The molecule has 0 saturated heterocycles. The highest BCUT2D eigenvalue weighted by Crippen LogP contribution is 2.25. The van der Waals surface area contributed by atoms with Gasteiger partial charge in [0, 0.05) is 38.3 Å². The molecule has 2 rings (SSSR count). The van der Waals surface area contributed by atoms with Crippen molar-refractivity contribution in [3.8, 4) is 0 Å². The van der Waals surface area contributed by atoms with Gasteiger partial charge in [-0.15, -0.1) is 0 Å². The molecule has 6 nitrogen and oxygen atoms in total. The van der Waals surface area contributed by atoms with Gasteiger partial charge < -0.3 is 20.1 Å². The molecular weight excluding hydrogens is 418 g/mol. The standard InChI is InChI=1S/C25H39N5OS/c1-5-16-29(21-13-9-8-10-14-21)19-12-11-15-22(31)28-23-24(26-20(4)27-25(23)32)30(17-6-2)18-7-3/h8-10,13-14H,5-7,11-12,15-19H2,1-4H3,(H,28,31)(H,26,27,32). The molecule has 0 bridgehead atoms. The number of H-pyrrole nitrogens is 1. The van der Waals surface area contributed by atoms with E-state index in [0.717, 1.165) is 69.9 Å². The summed E-state index contributed by atoms with van der Waals surface area (Å²) in [5.41, 5.74) is 1.88. The molecule has 176 valence electrons. The SMILES string of the molecule is CCCN(CCCCC(=O)Nc1c(N(CCC)CCC)[nH]c(C)nc1=S)c1ccccc1. The van der Waals surface area contributed by atoms with Gasteiger partial charge in [-0.3, -0.25) is 4.79 Å². The summed E-state index contributed by atoms with van der Waals surface area (Å²) in [7, 11) is 0. The Morgan fingerprint density at radius 2 is 1.59 bits per heavy atom. The smallest absolute Gasteiger partial charge is 0.224 e. The van der Waals surface area contributed by atoms with Crippen molar-refractivity contribution in [1.82, 2.24) is 9.97 Å². The fourth-order valence-corrected chi connectivity index (χ4v) is 4.15. The largest absolute Gasteiger partial charge is 0.372 e. The van der Waals surface area contributed by atoms with Crippen LogP contribution in [0.1, 0.15) is 65.1 Å². The molecule has 2 aromatic rings. The maximum atomic E-state index is 12.7. The molecule has 0 unspecified atom stereocenters. The maximum absolute atomic E-state index is 12.7. The molecular formula is C25H39N5OS. The Labute approximate surface area is 198 Å². The monoisotopic (exact) mass is 457 g/mol. The number of hydrogen-bond acceptors (Lipinski definition) is 5. The summed E-state index contributed by atoms with van der Waals surface area (Å²) in [5.74, 6) is 1.63. The summed E-state index contributed by atoms with van der Waals surface area (Å²) in [6.07, 6.45) is 5.40. The average Bonchev–Trinajstić information content (AvgIpc) is 2.78. The number of amides is 1. The molecule has 1 heterocycles. The zero-order valence-corrected chi connectivity index (χ0v) is 20.9. The lowest BCUT2D eigenvalue weighted by Crippen LogP contribution is -2.28. The second-order valence-corrected chi connectivity index (χ2v) is 8.55. The minimum atomic E-state index is -0.00824. The number of aromatic nitrogens is 2. The number of anilines is 3. The highest BCUT2D eigenvalue weighted by molar-refractivity contribution is 7.71. The third-order valence-electron chi connectivity index (χ3n) is 5.28. The Bertz CT molecular complexity index is 878. The summed E-state index contributed by atoms with van der Waals surface area (Å²) in [5, 5.41) is 3.06. The lowest BCUT2D eigenvalue weighted by molar-refractivity contribution is -0.116. The van der Waals surface area contributed by atoms with Crippen LogP contribution in [0.5, 0.6) is 0 Å². The van der Waals surface area contributed by atoms with Crippen LogP contribution < -0.4 is 15.1 Å². The van der Waals surface area contributed by atoms with Crippen molar-refractivity contribution in [1.29, 1.82) is 0 Å². The third kappa shape index (κ3) is 7.93. The van der Waals surface area contributed by atoms with Gasteiger partial charge in [0.25, 0.3) is 0 Å². The number of benzene rings is 1. The predicted molar refractivity (Wildman–Crippen MR) is 138 cm³/mol. The second kappa shape index (κ2) is 13.9. The molecule has 0 radical (unpaired) electrons. The summed E-state index contributed by atoms with van der Waals surface area (Å²) in [4.78, 5) is 25.1. The molecule has 0 aliphatic heterocycles. The second-order valence-electron chi connectivity index (χ2n) is 8.17. The molecule has 0 aliphatic rings. The fraction of sp³-hybridized carbons (Fsp3) is 0.560. The van der Waals surface area contributed by atoms with Crippen molar-refractivity contribution in [2.75, 3.05) is 41.3 Å². The number of nitrogens with one attached hydrogen (secondary N) is 2. The number of carbonyl (C=O) groups excluding carboxylic acids is 1. The number of rotatable bonds is 14. The molecule has 32 heavy (non-hydrogen) atoms. The fourth-order valence-electron chi connectivity index (χ4n) is 3.87. The van der Waals surface area contributed by atoms with Crippen LogP contribution in [0.2, 0.25) is 0 Å². The highest BCUT2D eigenvalue weighted by atomic mass is 32.1. The summed E-state index contributed by atoms with van der Waals surface area (Å²) in [6.45, 7) is 12.2. The Morgan fingerprint density at radius 1 is 0.969 bits per heavy atom. The molecule has 1 amide bonds. The number of nitrogens with zero attached hydrogens (tertiary/aromatic N) is 3. The van der Waals surface area contributed by atoms with E-state index in [1.807, 2.05) is 13.0 Å². The van der Waals surface area contributed by atoms with Gasteiger partial charge >= 0.3 is 0 Å². The first kappa shape index (κ1) is 25.8. The Hall–Kier alpha value is -2.41. The van der Waals surface area contributed by atoms with E-state index in [-0.39, 0.29) is 5.91 Å². The molecule has 0 saturated carbocycles. The van der Waals surface area contributed by atoms with Gasteiger partial charge in [-0.05, 0) is 51.2 Å². The molecule has 7 heteroatoms. The van der Waals surface area contributed by atoms with Gasteiger partial charge in [0.05, 0.1) is 0 Å². The maximum Gasteiger partial charge on any atom is 0.224 e. The van der Waals surface area contributed by atoms with Gasteiger partial charge in [0.1, 0.15) is 17.3 Å². The van der Waals surface area contributed by atoms with Crippen molar-refractivity contribution < 1.29 is 4.79 Å². The number of para-hydroxylation sites is 1. The van der Waals surface area contributed by atoms with Crippen LogP contribution in [0.4, 0.5) is 17.2 Å². The van der Waals surface area contributed by atoms with Crippen molar-refractivity contribution in [3.05, 3.63) is 40.8 Å². The summed E-state index contributed by atoms with van der Waals surface area (Å²) >= 11 is 5.51. The van der Waals surface area contributed by atoms with Gasteiger partial charge in [0.2, 0.25) is 5.91 Å². The first-order valence-corrected chi connectivity index (χ1v) is 12.4. The molecule has 1 aromatic heterocycles. The van der Waals surface area contributed by atoms with Crippen LogP contribution in [-0.2, 0) is 4.79 Å². The van der Waals surface area contributed by atoms with Crippen molar-refractivity contribution in [2.45, 2.75) is 66.2 Å². The van der Waals surface area contributed by atoms with Crippen LogP contribution in [0.3, 0.4) is 0 Å². The lowest BCUT2D eigenvalue weighted by atomic mass is 10.2. The molecule has 1 aromatic carbocycles. The van der Waals surface area contributed by atoms with E-state index < -0.39 is 0 Å². The topological polar surface area (TPSA) is 64.3 Å². The first-order chi connectivity index (χ1) is 15.5. The molecule has 0 fully saturated rings. The van der Waals surface area contributed by atoms with Crippen molar-refractivity contribution >= 4 is 35.3 Å². The van der Waals surface area contributed by atoms with E-state index in [4.69, 9.17) is 12.2 Å². The molecule has 0 spiro atoms. The van der Waals surface area contributed by atoms with E-state index in [1.165, 1.54) is 5.69 Å². The van der Waals surface area contributed by atoms with Gasteiger partial charge in [0.15, 0.2) is 4.64 Å². The van der Waals surface area contributed by atoms with Gasteiger partial charge in [-0.2, -0.15) is 0 Å². The molecule has 0 atom stereocenters. The summed E-state index contributed by atoms with van der Waals surface area (Å²) < 4.78 is 0.444. The van der Waals surface area contributed by atoms with Crippen LogP contribution in [0, 0.1) is 11.6 Å². The van der Waals surface area contributed by atoms with E-state index in [2.05, 4.69) is 70.1 Å². The normalized spacial score (nSPS) is 10.8. The zero-order chi connectivity index (χ0) is 23.3. The minimum Gasteiger partial charge on any atom is -0.372 e. The van der Waals surface area contributed by atoms with E-state index in [9.17, 15) is 4.79 Å². The predicted octanol–water partition coefficient (Wildman–Crippen LogP) is 6.10. The van der Waals surface area contributed by atoms with Crippen molar-refractivity contribution in [3.63, 3.8) is 0 Å². The number of carbonyl (C=O) groups is 1. The van der Waals surface area contributed by atoms with E-state index >= 15 is 0 Å². The van der Waals surface area contributed by atoms with Crippen LogP contribution in [-0.4, -0.2) is 42.1 Å². The minimum absolute atomic E-state index is 0.00824. The quantitative estimate of drug-likeness (QED) is 0.265. The average molecular weight is 458 g/mol. The van der Waals surface area contributed by atoms with Crippen LogP contribution >= 0.6 is 12.2 Å². The van der Waals surface area contributed by atoms with Crippen LogP contribution in [0.25, 0.3) is 0 Å². The number of hydrogen-bond donors (Lipinski definition) is 2. The Kier molecular flexibility index (Phi) is 11.2. The summed E-state index contributed by atoms with van der Waals surface area (Å²) in [6, 6.07) is 10.5. The first-order valence-electron chi connectivity index (χ1n) is 12.0.